The molecule has 0 aliphatic rings. The number of nitrogens with one attached hydrogen (secondary N) is 1. The second-order valence-corrected chi connectivity index (χ2v) is 6.93. The Morgan fingerprint density at radius 2 is 1.65 bits per heavy atom. The summed E-state index contributed by atoms with van der Waals surface area (Å²) in [7, 11) is -3.53. The Morgan fingerprint density at radius 1 is 1.00 bits per heavy atom. The largest absolute Gasteiger partial charge is 0.280 e. The second kappa shape index (κ2) is 5.97. The highest BCUT2D eigenvalue weighted by molar-refractivity contribution is 9.08. The van der Waals surface area contributed by atoms with E-state index in [1.54, 1.807) is 30.3 Å². The monoisotopic (exact) mass is 353 g/mol. The third-order valence-electron chi connectivity index (χ3n) is 3.15. The third kappa shape index (κ3) is 3.41. The lowest BCUT2D eigenvalue weighted by Gasteiger charge is -2.10. The highest BCUT2D eigenvalue weighted by atomic mass is 79.9. The molecule has 0 aliphatic heterocycles. The third-order valence-corrected chi connectivity index (χ3v) is 5.19. The Morgan fingerprint density at radius 3 is 2.20 bits per heavy atom. The molecule has 0 saturated heterocycles. The Bertz CT molecular complexity index is 709. The summed E-state index contributed by atoms with van der Waals surface area (Å²) < 4.78 is 27.1. The standard InChI is InChI=1S/C15H16BrNO2S/c1-11-3-6-14(9-12(11)2)17-20(18,19)15-7-4-13(10-16)5-8-15/h3-9,17H,10H2,1-2H3. The van der Waals surface area contributed by atoms with Crippen LogP contribution >= 0.6 is 15.9 Å². The van der Waals surface area contributed by atoms with Gasteiger partial charge in [-0.05, 0) is 54.8 Å². The lowest BCUT2D eigenvalue weighted by Crippen LogP contribution is -2.13. The van der Waals surface area contributed by atoms with Crippen molar-refractivity contribution in [1.82, 2.24) is 0 Å². The van der Waals surface area contributed by atoms with Gasteiger partial charge in [0.25, 0.3) is 10.0 Å². The van der Waals surface area contributed by atoms with Gasteiger partial charge in [-0.25, -0.2) is 8.42 Å². The van der Waals surface area contributed by atoms with Crippen LogP contribution in [0.2, 0.25) is 0 Å². The maximum Gasteiger partial charge on any atom is 0.261 e. The van der Waals surface area contributed by atoms with E-state index < -0.39 is 10.0 Å². The van der Waals surface area contributed by atoms with Gasteiger partial charge in [0.05, 0.1) is 4.90 Å². The van der Waals surface area contributed by atoms with E-state index in [-0.39, 0.29) is 4.90 Å². The Hall–Kier alpha value is -1.33. The number of benzene rings is 2. The summed E-state index contributed by atoms with van der Waals surface area (Å²) in [6.45, 7) is 3.95. The van der Waals surface area contributed by atoms with E-state index in [1.807, 2.05) is 26.0 Å². The van der Waals surface area contributed by atoms with Crippen LogP contribution in [-0.2, 0) is 15.4 Å². The number of rotatable bonds is 4. The van der Waals surface area contributed by atoms with E-state index >= 15 is 0 Å². The summed E-state index contributed by atoms with van der Waals surface area (Å²) in [5, 5.41) is 0.706. The van der Waals surface area contributed by atoms with Crippen molar-refractivity contribution in [3.8, 4) is 0 Å². The van der Waals surface area contributed by atoms with Crippen molar-refractivity contribution >= 4 is 31.6 Å². The molecule has 2 aromatic rings. The summed E-state index contributed by atoms with van der Waals surface area (Å²) in [5.74, 6) is 0. The predicted molar refractivity (Wildman–Crippen MR) is 85.8 cm³/mol. The van der Waals surface area contributed by atoms with Gasteiger partial charge in [-0.3, -0.25) is 4.72 Å². The zero-order valence-corrected chi connectivity index (χ0v) is 13.8. The molecule has 0 aromatic heterocycles. The zero-order chi connectivity index (χ0) is 14.8. The Balaban J connectivity index is 2.27. The van der Waals surface area contributed by atoms with Gasteiger partial charge in [-0.2, -0.15) is 0 Å². The lowest BCUT2D eigenvalue weighted by atomic mass is 10.1. The van der Waals surface area contributed by atoms with Gasteiger partial charge in [-0.1, -0.05) is 34.1 Å². The van der Waals surface area contributed by atoms with Crippen LogP contribution in [0, 0.1) is 13.8 Å². The Kier molecular flexibility index (Phi) is 4.50. The number of sulfonamides is 1. The van der Waals surface area contributed by atoms with Crippen molar-refractivity contribution < 1.29 is 8.42 Å². The molecular weight excluding hydrogens is 338 g/mol. The van der Waals surface area contributed by atoms with Crippen molar-refractivity contribution in [2.75, 3.05) is 4.72 Å². The summed E-state index contributed by atoms with van der Waals surface area (Å²) in [5.41, 5.74) is 3.81. The number of anilines is 1. The van der Waals surface area contributed by atoms with Gasteiger partial charge in [-0.15, -0.1) is 0 Å². The van der Waals surface area contributed by atoms with Gasteiger partial charge >= 0.3 is 0 Å². The van der Waals surface area contributed by atoms with Crippen molar-refractivity contribution in [3.63, 3.8) is 0 Å². The van der Waals surface area contributed by atoms with Crippen molar-refractivity contribution in [1.29, 1.82) is 0 Å². The zero-order valence-electron chi connectivity index (χ0n) is 11.4. The maximum absolute atomic E-state index is 12.3. The molecule has 0 radical (unpaired) electrons. The van der Waals surface area contributed by atoms with Gasteiger partial charge in [0, 0.05) is 11.0 Å². The van der Waals surface area contributed by atoms with Crippen LogP contribution in [0.4, 0.5) is 5.69 Å². The van der Waals surface area contributed by atoms with E-state index in [2.05, 4.69) is 20.7 Å². The molecule has 0 saturated carbocycles. The molecule has 106 valence electrons. The van der Waals surface area contributed by atoms with Gasteiger partial charge < -0.3 is 0 Å². The predicted octanol–water partition coefficient (Wildman–Crippen LogP) is 4.00. The highest BCUT2D eigenvalue weighted by Crippen LogP contribution is 2.19. The number of halogens is 1. The van der Waals surface area contributed by atoms with Crippen molar-refractivity contribution in [3.05, 3.63) is 59.2 Å². The van der Waals surface area contributed by atoms with E-state index in [0.717, 1.165) is 16.7 Å². The molecular formula is C15H16BrNO2S. The fourth-order valence-electron chi connectivity index (χ4n) is 1.78. The van der Waals surface area contributed by atoms with Gasteiger partial charge in [0.1, 0.15) is 0 Å². The number of alkyl halides is 1. The van der Waals surface area contributed by atoms with Gasteiger partial charge in [0.2, 0.25) is 0 Å². The molecule has 0 bridgehead atoms. The fourth-order valence-corrected chi connectivity index (χ4v) is 3.20. The minimum absolute atomic E-state index is 0.264. The molecule has 2 aromatic carbocycles. The first-order valence-corrected chi connectivity index (χ1v) is 8.78. The molecule has 0 unspecified atom stereocenters. The van der Waals surface area contributed by atoms with Crippen LogP contribution in [0.15, 0.2) is 47.4 Å². The molecule has 0 aliphatic carbocycles. The van der Waals surface area contributed by atoms with E-state index in [1.165, 1.54) is 0 Å². The van der Waals surface area contributed by atoms with Crippen LogP contribution in [-0.4, -0.2) is 8.42 Å². The van der Waals surface area contributed by atoms with Crippen molar-refractivity contribution in [2.24, 2.45) is 0 Å². The first-order valence-electron chi connectivity index (χ1n) is 6.17. The van der Waals surface area contributed by atoms with Gasteiger partial charge in [0.15, 0.2) is 0 Å². The molecule has 0 fully saturated rings. The lowest BCUT2D eigenvalue weighted by molar-refractivity contribution is 0.601. The average molecular weight is 354 g/mol. The SMILES string of the molecule is Cc1ccc(NS(=O)(=O)c2ccc(CBr)cc2)cc1C. The maximum atomic E-state index is 12.3. The molecule has 2 rings (SSSR count). The summed E-state index contributed by atoms with van der Waals surface area (Å²) in [6, 6.07) is 12.3. The molecule has 20 heavy (non-hydrogen) atoms. The van der Waals surface area contributed by atoms with Crippen molar-refractivity contribution in [2.45, 2.75) is 24.1 Å². The van der Waals surface area contributed by atoms with E-state index in [4.69, 9.17) is 0 Å². The summed E-state index contributed by atoms with van der Waals surface area (Å²) >= 11 is 3.34. The van der Waals surface area contributed by atoms with E-state index in [9.17, 15) is 8.42 Å². The van der Waals surface area contributed by atoms with Crippen LogP contribution < -0.4 is 4.72 Å². The smallest absolute Gasteiger partial charge is 0.261 e. The number of hydrogen-bond donors (Lipinski definition) is 1. The van der Waals surface area contributed by atoms with Crippen LogP contribution in [0.1, 0.15) is 16.7 Å². The van der Waals surface area contributed by atoms with E-state index in [0.29, 0.717) is 11.0 Å². The fraction of sp³-hybridized carbons (Fsp3) is 0.200. The number of aryl methyl sites for hydroxylation is 2. The molecule has 1 N–H and O–H groups in total. The first-order chi connectivity index (χ1) is 9.42. The minimum Gasteiger partial charge on any atom is -0.280 e. The van der Waals surface area contributed by atoms with Crippen LogP contribution in [0.5, 0.6) is 0 Å². The number of hydrogen-bond acceptors (Lipinski definition) is 2. The van der Waals surface area contributed by atoms with Crippen LogP contribution in [0.3, 0.4) is 0 Å². The summed E-state index contributed by atoms with van der Waals surface area (Å²) in [6.07, 6.45) is 0. The topological polar surface area (TPSA) is 46.2 Å². The van der Waals surface area contributed by atoms with Crippen LogP contribution in [0.25, 0.3) is 0 Å². The first kappa shape index (κ1) is 15.1. The molecule has 5 heteroatoms. The average Bonchev–Trinajstić information content (AvgIpc) is 2.43. The quantitative estimate of drug-likeness (QED) is 0.844. The minimum atomic E-state index is -3.53. The molecule has 0 heterocycles. The molecule has 0 atom stereocenters. The Labute approximate surface area is 128 Å². The molecule has 0 spiro atoms. The highest BCUT2D eigenvalue weighted by Gasteiger charge is 2.14. The normalized spacial score (nSPS) is 11.3. The summed E-state index contributed by atoms with van der Waals surface area (Å²) in [4.78, 5) is 0.264. The molecule has 3 nitrogen and oxygen atoms in total. The second-order valence-electron chi connectivity index (χ2n) is 4.68. The molecule has 0 amide bonds.